The van der Waals surface area contributed by atoms with Crippen LogP contribution in [0.2, 0.25) is 0 Å². The smallest absolute Gasteiger partial charge is 0.0682 e. The monoisotopic (exact) mass is 323 g/mol. The van der Waals surface area contributed by atoms with Crippen LogP contribution < -0.4 is 4.90 Å². The molecule has 0 amide bonds. The predicted molar refractivity (Wildman–Crippen MR) is 84.4 cm³/mol. The molecule has 1 aliphatic heterocycles. The molecular weight excluding hydrogens is 302 g/mol. The van der Waals surface area contributed by atoms with Gasteiger partial charge in [-0.2, -0.15) is 0 Å². The summed E-state index contributed by atoms with van der Waals surface area (Å²) in [5, 5.41) is 9.14. The van der Waals surface area contributed by atoms with E-state index in [4.69, 9.17) is 5.11 Å². The summed E-state index contributed by atoms with van der Waals surface area (Å²) in [4.78, 5) is 2.38. The average Bonchev–Trinajstić information content (AvgIpc) is 2.37. The van der Waals surface area contributed by atoms with Gasteiger partial charge in [0, 0.05) is 17.6 Å². The zero-order valence-corrected chi connectivity index (χ0v) is 13.5. The molecule has 104 valence electrons. The van der Waals surface area contributed by atoms with E-state index >= 15 is 0 Å². The maximum atomic E-state index is 9.14. The third kappa shape index (κ3) is 3.40. The van der Waals surface area contributed by atoms with Crippen LogP contribution in [0.15, 0.2) is 34.3 Å². The van der Waals surface area contributed by atoms with Crippen molar-refractivity contribution in [2.75, 3.05) is 18.0 Å². The van der Waals surface area contributed by atoms with Gasteiger partial charge >= 0.3 is 0 Å². The highest BCUT2D eigenvalue weighted by molar-refractivity contribution is 9.10. The lowest BCUT2D eigenvalue weighted by molar-refractivity contribution is 0.282. The topological polar surface area (TPSA) is 23.5 Å². The summed E-state index contributed by atoms with van der Waals surface area (Å²) in [6.07, 6.45) is 3.48. The average molecular weight is 324 g/mol. The molecule has 19 heavy (non-hydrogen) atoms. The van der Waals surface area contributed by atoms with Crippen molar-refractivity contribution in [3.8, 4) is 0 Å². The van der Waals surface area contributed by atoms with Gasteiger partial charge in [-0.25, -0.2) is 0 Å². The zero-order valence-electron chi connectivity index (χ0n) is 11.9. The van der Waals surface area contributed by atoms with Crippen LogP contribution in [-0.2, 0) is 6.61 Å². The first-order valence-corrected chi connectivity index (χ1v) is 7.55. The number of aliphatic hydroxyl groups excluding tert-OH is 1. The van der Waals surface area contributed by atoms with Gasteiger partial charge < -0.3 is 10.0 Å². The molecule has 1 N–H and O–H groups in total. The second kappa shape index (κ2) is 5.68. The molecule has 0 unspecified atom stereocenters. The summed E-state index contributed by atoms with van der Waals surface area (Å²) < 4.78 is 1.06. The minimum absolute atomic E-state index is 0.0902. The molecule has 0 saturated heterocycles. The first kappa shape index (κ1) is 14.6. The van der Waals surface area contributed by atoms with E-state index < -0.39 is 0 Å². The van der Waals surface area contributed by atoms with E-state index in [1.807, 2.05) is 12.1 Å². The van der Waals surface area contributed by atoms with Crippen molar-refractivity contribution in [2.45, 2.75) is 33.8 Å². The molecule has 0 bridgehead atoms. The fraction of sp³-hybridized carbons (Fsp3) is 0.500. The van der Waals surface area contributed by atoms with Crippen molar-refractivity contribution >= 4 is 21.6 Å². The zero-order chi connectivity index (χ0) is 14.0. The summed E-state index contributed by atoms with van der Waals surface area (Å²) in [6, 6.07) is 6.08. The Morgan fingerprint density at radius 1 is 1.32 bits per heavy atom. The van der Waals surface area contributed by atoms with E-state index in [2.05, 4.69) is 53.7 Å². The molecule has 0 aliphatic carbocycles. The van der Waals surface area contributed by atoms with E-state index in [0.717, 1.165) is 29.5 Å². The summed E-state index contributed by atoms with van der Waals surface area (Å²) in [7, 11) is 0. The van der Waals surface area contributed by atoms with Gasteiger partial charge in [-0.3, -0.25) is 0 Å². The van der Waals surface area contributed by atoms with Crippen LogP contribution in [0.5, 0.6) is 0 Å². The highest BCUT2D eigenvalue weighted by Gasteiger charge is 2.22. The van der Waals surface area contributed by atoms with E-state index in [9.17, 15) is 0 Å². The second-order valence-electron chi connectivity index (χ2n) is 6.12. The molecule has 1 aromatic rings. The van der Waals surface area contributed by atoms with Gasteiger partial charge in [0.1, 0.15) is 0 Å². The third-order valence-electron chi connectivity index (χ3n) is 3.71. The molecule has 0 aromatic heterocycles. The lowest BCUT2D eigenvalue weighted by atomic mass is 9.83. The Morgan fingerprint density at radius 2 is 2.05 bits per heavy atom. The Labute approximate surface area is 124 Å². The molecule has 1 aromatic carbocycles. The van der Waals surface area contributed by atoms with E-state index in [-0.39, 0.29) is 12.0 Å². The number of anilines is 1. The molecule has 3 heteroatoms. The van der Waals surface area contributed by atoms with Crippen molar-refractivity contribution < 1.29 is 5.11 Å². The third-order valence-corrected chi connectivity index (χ3v) is 4.34. The standard InChI is InChI=1S/C16H22BrNO/c1-16(2,3)13-6-8-18(9-7-13)15-5-4-12(11-19)10-14(15)17/h4-6,10,19H,7-9,11H2,1-3H3. The van der Waals surface area contributed by atoms with Gasteiger partial charge in [-0.1, -0.05) is 38.5 Å². The Morgan fingerprint density at radius 3 is 2.53 bits per heavy atom. The van der Waals surface area contributed by atoms with Crippen molar-refractivity contribution in [2.24, 2.45) is 5.41 Å². The van der Waals surface area contributed by atoms with Gasteiger partial charge in [-0.15, -0.1) is 0 Å². The Balaban J connectivity index is 2.16. The molecular formula is C16H22BrNO. The van der Waals surface area contributed by atoms with Crippen LogP contribution >= 0.6 is 15.9 Å². The molecule has 1 aliphatic rings. The first-order valence-electron chi connectivity index (χ1n) is 6.75. The quantitative estimate of drug-likeness (QED) is 0.827. The number of halogens is 1. The van der Waals surface area contributed by atoms with Crippen molar-refractivity contribution in [3.63, 3.8) is 0 Å². The van der Waals surface area contributed by atoms with Gasteiger partial charge in [-0.05, 0) is 45.5 Å². The second-order valence-corrected chi connectivity index (χ2v) is 6.97. The fourth-order valence-electron chi connectivity index (χ4n) is 2.47. The highest BCUT2D eigenvalue weighted by atomic mass is 79.9. The van der Waals surface area contributed by atoms with Crippen LogP contribution in [0.1, 0.15) is 32.8 Å². The number of benzene rings is 1. The number of nitrogens with zero attached hydrogens (tertiary/aromatic N) is 1. The van der Waals surface area contributed by atoms with Gasteiger partial charge in [0.15, 0.2) is 0 Å². The lowest BCUT2D eigenvalue weighted by Crippen LogP contribution is -2.31. The number of rotatable bonds is 2. The van der Waals surface area contributed by atoms with Gasteiger partial charge in [0.2, 0.25) is 0 Å². The normalized spacial score (nSPS) is 16.5. The summed E-state index contributed by atoms with van der Waals surface area (Å²) >= 11 is 3.60. The van der Waals surface area contributed by atoms with Crippen molar-refractivity contribution in [1.29, 1.82) is 0 Å². The largest absolute Gasteiger partial charge is 0.392 e. The van der Waals surface area contributed by atoms with Crippen LogP contribution in [0.4, 0.5) is 5.69 Å². The first-order chi connectivity index (χ1) is 8.91. The molecule has 0 radical (unpaired) electrons. The summed E-state index contributed by atoms with van der Waals surface area (Å²) in [5.74, 6) is 0. The maximum absolute atomic E-state index is 9.14. The van der Waals surface area contributed by atoms with Crippen LogP contribution in [0, 0.1) is 5.41 Å². The molecule has 2 rings (SSSR count). The molecule has 0 atom stereocenters. The highest BCUT2D eigenvalue weighted by Crippen LogP contribution is 2.34. The predicted octanol–water partition coefficient (Wildman–Crippen LogP) is 4.12. The fourth-order valence-corrected chi connectivity index (χ4v) is 3.15. The van der Waals surface area contributed by atoms with Crippen LogP contribution in [-0.4, -0.2) is 18.2 Å². The van der Waals surface area contributed by atoms with Crippen LogP contribution in [0.3, 0.4) is 0 Å². The van der Waals surface area contributed by atoms with Crippen LogP contribution in [0.25, 0.3) is 0 Å². The number of hydrogen-bond donors (Lipinski definition) is 1. The van der Waals surface area contributed by atoms with E-state index in [1.54, 1.807) is 5.57 Å². The summed E-state index contributed by atoms with van der Waals surface area (Å²) in [6.45, 7) is 8.94. The Bertz CT molecular complexity index is 488. The Kier molecular flexibility index (Phi) is 4.36. The molecule has 1 heterocycles. The van der Waals surface area contributed by atoms with E-state index in [0.29, 0.717) is 0 Å². The minimum Gasteiger partial charge on any atom is -0.392 e. The lowest BCUT2D eigenvalue weighted by Gasteiger charge is -2.34. The summed E-state index contributed by atoms with van der Waals surface area (Å²) in [5.41, 5.74) is 3.98. The van der Waals surface area contributed by atoms with Gasteiger partial charge in [0.25, 0.3) is 0 Å². The van der Waals surface area contributed by atoms with Gasteiger partial charge in [0.05, 0.1) is 12.3 Å². The van der Waals surface area contributed by atoms with Crippen molar-refractivity contribution in [3.05, 3.63) is 39.9 Å². The van der Waals surface area contributed by atoms with E-state index in [1.165, 1.54) is 5.69 Å². The molecule has 0 spiro atoms. The maximum Gasteiger partial charge on any atom is 0.0682 e. The molecule has 2 nitrogen and oxygen atoms in total. The molecule has 0 saturated carbocycles. The SMILES string of the molecule is CC(C)(C)C1=CCN(c2ccc(CO)cc2Br)CC1. The minimum atomic E-state index is 0.0902. The Hall–Kier alpha value is -0.800. The number of aliphatic hydroxyl groups is 1. The van der Waals surface area contributed by atoms with Crippen molar-refractivity contribution in [1.82, 2.24) is 0 Å². The number of hydrogen-bond acceptors (Lipinski definition) is 2. The molecule has 0 fully saturated rings.